The van der Waals surface area contributed by atoms with E-state index in [4.69, 9.17) is 0 Å². The van der Waals surface area contributed by atoms with Gasteiger partial charge in [-0.3, -0.25) is 9.59 Å². The summed E-state index contributed by atoms with van der Waals surface area (Å²) < 4.78 is 0. The van der Waals surface area contributed by atoms with Crippen LogP contribution in [0.15, 0.2) is 30.3 Å². The van der Waals surface area contributed by atoms with Crippen LogP contribution in [0.2, 0.25) is 0 Å². The van der Waals surface area contributed by atoms with Gasteiger partial charge in [-0.25, -0.2) is 0 Å². The Kier molecular flexibility index (Phi) is 6.78. The van der Waals surface area contributed by atoms with Gasteiger partial charge in [0.15, 0.2) is 0 Å². The van der Waals surface area contributed by atoms with E-state index in [0.29, 0.717) is 12.8 Å². The van der Waals surface area contributed by atoms with Gasteiger partial charge in [0.2, 0.25) is 11.8 Å². The van der Waals surface area contributed by atoms with E-state index in [1.54, 1.807) is 7.05 Å². The molecule has 2 amide bonds. The molecule has 2 rings (SSSR count). The molecule has 0 aliphatic heterocycles. The fourth-order valence-corrected chi connectivity index (χ4v) is 3.42. The smallest absolute Gasteiger partial charge is 0.243 e. The van der Waals surface area contributed by atoms with Crippen LogP contribution in [-0.4, -0.2) is 30.3 Å². The quantitative estimate of drug-likeness (QED) is 0.830. The molecule has 1 N–H and O–H groups in total. The van der Waals surface area contributed by atoms with Crippen LogP contribution >= 0.6 is 0 Å². The molecule has 0 atom stereocenters. The van der Waals surface area contributed by atoms with Crippen molar-refractivity contribution in [3.8, 4) is 0 Å². The Morgan fingerprint density at radius 3 is 2.07 bits per heavy atom. The molecule has 0 heterocycles. The van der Waals surface area contributed by atoms with Crippen molar-refractivity contribution in [1.29, 1.82) is 0 Å². The lowest BCUT2D eigenvalue weighted by atomic mass is 10.0. The lowest BCUT2D eigenvalue weighted by Crippen LogP contribution is -2.35. The highest BCUT2D eigenvalue weighted by Gasteiger charge is 2.15. The molecule has 0 radical (unpaired) electrons. The first-order valence-corrected chi connectivity index (χ1v) is 9.35. The topological polar surface area (TPSA) is 49.4 Å². The van der Waals surface area contributed by atoms with Crippen molar-refractivity contribution < 1.29 is 9.59 Å². The average Bonchev–Trinajstić information content (AvgIpc) is 2.57. The monoisotopic (exact) mass is 366 g/mol. The number of carbonyl (C=O) groups is 2. The number of carbonyl (C=O) groups excluding carboxylic acids is 2. The predicted octanol–water partition coefficient (Wildman–Crippen LogP) is 4.26. The highest BCUT2D eigenvalue weighted by Crippen LogP contribution is 2.21. The summed E-state index contributed by atoms with van der Waals surface area (Å²) in [6, 6.07) is 10.4. The summed E-state index contributed by atoms with van der Waals surface area (Å²) in [5.41, 5.74) is 7.67. The second-order valence-corrected chi connectivity index (χ2v) is 7.50. The van der Waals surface area contributed by atoms with Crippen LogP contribution in [0.5, 0.6) is 0 Å². The highest BCUT2D eigenvalue weighted by molar-refractivity contribution is 5.95. The van der Waals surface area contributed by atoms with E-state index in [9.17, 15) is 9.59 Å². The fraction of sp³-hybridized carbons (Fsp3) is 0.391. The Bertz CT molecular complexity index is 832. The number of likely N-dealkylation sites (N-methyl/N-ethyl adjacent to an activating group) is 1. The van der Waals surface area contributed by atoms with Gasteiger partial charge >= 0.3 is 0 Å². The van der Waals surface area contributed by atoms with Crippen LogP contribution in [0.1, 0.15) is 39.8 Å². The SMILES string of the molecule is Cc1ccc(CCC(=O)N(C)CC(=O)Nc2c(C)cc(C)cc2C)c(C)c1. The third kappa shape index (κ3) is 5.68. The van der Waals surface area contributed by atoms with Gasteiger partial charge < -0.3 is 10.2 Å². The molecule has 4 heteroatoms. The third-order valence-corrected chi connectivity index (χ3v) is 4.85. The Balaban J connectivity index is 1.91. The van der Waals surface area contributed by atoms with Crippen LogP contribution < -0.4 is 5.32 Å². The third-order valence-electron chi connectivity index (χ3n) is 4.85. The van der Waals surface area contributed by atoms with Crippen LogP contribution in [0.3, 0.4) is 0 Å². The second kappa shape index (κ2) is 8.85. The molecular formula is C23H30N2O2. The number of benzene rings is 2. The molecular weight excluding hydrogens is 336 g/mol. The number of rotatable bonds is 6. The van der Waals surface area contributed by atoms with Gasteiger partial charge in [0.25, 0.3) is 0 Å². The molecule has 0 aliphatic rings. The minimum Gasteiger partial charge on any atom is -0.336 e. The van der Waals surface area contributed by atoms with Crippen molar-refractivity contribution in [1.82, 2.24) is 4.90 Å². The number of anilines is 1. The Hall–Kier alpha value is -2.62. The zero-order chi connectivity index (χ0) is 20.1. The van der Waals surface area contributed by atoms with Crippen LogP contribution in [0, 0.1) is 34.6 Å². The van der Waals surface area contributed by atoms with E-state index in [-0.39, 0.29) is 18.4 Å². The lowest BCUT2D eigenvalue weighted by molar-refractivity contribution is -0.133. The molecule has 0 spiro atoms. The molecule has 0 saturated heterocycles. The number of nitrogens with zero attached hydrogens (tertiary/aromatic N) is 1. The van der Waals surface area contributed by atoms with Gasteiger partial charge in [-0.1, -0.05) is 41.5 Å². The van der Waals surface area contributed by atoms with Gasteiger partial charge in [-0.05, 0) is 63.3 Å². The first-order chi connectivity index (χ1) is 12.7. The van der Waals surface area contributed by atoms with Crippen LogP contribution in [0.25, 0.3) is 0 Å². The minimum atomic E-state index is -0.174. The zero-order valence-electron chi connectivity index (χ0n) is 17.3. The van der Waals surface area contributed by atoms with Gasteiger partial charge in [0, 0.05) is 19.2 Å². The Morgan fingerprint density at radius 2 is 1.48 bits per heavy atom. The first kappa shape index (κ1) is 20.7. The van der Waals surface area contributed by atoms with E-state index in [0.717, 1.165) is 16.8 Å². The second-order valence-electron chi connectivity index (χ2n) is 7.50. The van der Waals surface area contributed by atoms with Crippen molar-refractivity contribution in [2.24, 2.45) is 0 Å². The van der Waals surface area contributed by atoms with Gasteiger partial charge in [-0.2, -0.15) is 0 Å². The fourth-order valence-electron chi connectivity index (χ4n) is 3.42. The maximum atomic E-state index is 12.4. The summed E-state index contributed by atoms with van der Waals surface area (Å²) in [4.78, 5) is 26.3. The number of amides is 2. The van der Waals surface area contributed by atoms with E-state index < -0.39 is 0 Å². The van der Waals surface area contributed by atoms with Gasteiger partial charge in [0.05, 0.1) is 6.54 Å². The summed E-state index contributed by atoms with van der Waals surface area (Å²) in [7, 11) is 1.68. The zero-order valence-corrected chi connectivity index (χ0v) is 17.3. The normalized spacial score (nSPS) is 10.6. The molecule has 27 heavy (non-hydrogen) atoms. The van der Waals surface area contributed by atoms with Crippen molar-refractivity contribution >= 4 is 17.5 Å². The lowest BCUT2D eigenvalue weighted by Gasteiger charge is -2.19. The molecule has 0 unspecified atom stereocenters. The number of hydrogen-bond donors (Lipinski definition) is 1. The summed E-state index contributed by atoms with van der Waals surface area (Å²) in [6.45, 7) is 10.2. The Morgan fingerprint density at radius 1 is 0.889 bits per heavy atom. The van der Waals surface area contributed by atoms with Gasteiger partial charge in [0.1, 0.15) is 0 Å². The molecule has 144 valence electrons. The van der Waals surface area contributed by atoms with Crippen molar-refractivity contribution in [3.05, 3.63) is 63.7 Å². The van der Waals surface area contributed by atoms with E-state index in [1.165, 1.54) is 27.2 Å². The molecule has 0 aliphatic carbocycles. The first-order valence-electron chi connectivity index (χ1n) is 9.35. The van der Waals surface area contributed by atoms with E-state index in [2.05, 4.69) is 37.4 Å². The predicted molar refractivity (Wildman–Crippen MR) is 111 cm³/mol. The van der Waals surface area contributed by atoms with Crippen molar-refractivity contribution in [2.45, 2.75) is 47.5 Å². The largest absolute Gasteiger partial charge is 0.336 e. The van der Waals surface area contributed by atoms with Crippen LogP contribution in [-0.2, 0) is 16.0 Å². The molecule has 2 aromatic rings. The summed E-state index contributed by atoms with van der Waals surface area (Å²) in [6.07, 6.45) is 1.09. The maximum Gasteiger partial charge on any atom is 0.243 e. The van der Waals surface area contributed by atoms with Crippen molar-refractivity contribution in [3.63, 3.8) is 0 Å². The average molecular weight is 367 g/mol. The Labute approximate surface area is 162 Å². The standard InChI is InChI=1S/C23H30N2O2/c1-15-7-8-20(17(3)11-15)9-10-22(27)25(6)14-21(26)24-23-18(4)12-16(2)13-19(23)5/h7-8,11-13H,9-10,14H2,1-6H3,(H,24,26). The minimum absolute atomic E-state index is 0.0255. The molecule has 0 saturated carbocycles. The summed E-state index contributed by atoms with van der Waals surface area (Å²) in [5, 5.41) is 2.95. The molecule has 0 aromatic heterocycles. The van der Waals surface area contributed by atoms with Crippen molar-refractivity contribution in [2.75, 3.05) is 18.9 Å². The number of aryl methyl sites for hydroxylation is 6. The maximum absolute atomic E-state index is 12.4. The molecule has 2 aromatic carbocycles. The van der Waals surface area contributed by atoms with Crippen LogP contribution in [0.4, 0.5) is 5.69 Å². The number of hydrogen-bond acceptors (Lipinski definition) is 2. The molecule has 0 bridgehead atoms. The summed E-state index contributed by atoms with van der Waals surface area (Å²) in [5.74, 6) is -0.199. The highest BCUT2D eigenvalue weighted by atomic mass is 16.2. The molecule has 0 fully saturated rings. The van der Waals surface area contributed by atoms with E-state index in [1.807, 2.05) is 32.9 Å². The van der Waals surface area contributed by atoms with Gasteiger partial charge in [-0.15, -0.1) is 0 Å². The molecule has 4 nitrogen and oxygen atoms in total. The summed E-state index contributed by atoms with van der Waals surface area (Å²) >= 11 is 0. The van der Waals surface area contributed by atoms with E-state index >= 15 is 0 Å². The number of nitrogens with one attached hydrogen (secondary N) is 1.